The van der Waals surface area contributed by atoms with Crippen LogP contribution in [-0.2, 0) is 11.2 Å². The Balaban J connectivity index is 1.26. The second-order valence-electron chi connectivity index (χ2n) is 7.89. The first-order valence-electron chi connectivity index (χ1n) is 10.3. The first kappa shape index (κ1) is 22.0. The van der Waals surface area contributed by atoms with Gasteiger partial charge >= 0.3 is 6.36 Å². The Morgan fingerprint density at radius 1 is 1.06 bits per heavy atom. The predicted molar refractivity (Wildman–Crippen MR) is 108 cm³/mol. The number of carbonyl (C=O) groups excluding carboxylic acids is 2. The molecule has 0 N–H and O–H groups in total. The van der Waals surface area contributed by atoms with Gasteiger partial charge in [-0.1, -0.05) is 0 Å². The summed E-state index contributed by atoms with van der Waals surface area (Å²) >= 11 is 0. The average Bonchev–Trinajstić information content (AvgIpc) is 2.77. The van der Waals surface area contributed by atoms with Crippen LogP contribution in [0.25, 0.3) is 0 Å². The number of ketones is 1. The van der Waals surface area contributed by atoms with E-state index in [0.717, 1.165) is 18.4 Å². The van der Waals surface area contributed by atoms with Crippen LogP contribution in [0.15, 0.2) is 42.5 Å². The molecule has 0 radical (unpaired) electrons. The van der Waals surface area contributed by atoms with Gasteiger partial charge in [-0.3, -0.25) is 9.59 Å². The van der Waals surface area contributed by atoms with Crippen molar-refractivity contribution in [2.24, 2.45) is 5.92 Å². The molecule has 6 nitrogen and oxygen atoms in total. The van der Waals surface area contributed by atoms with E-state index in [-0.39, 0.29) is 36.4 Å². The summed E-state index contributed by atoms with van der Waals surface area (Å²) in [4.78, 5) is 26.2. The summed E-state index contributed by atoms with van der Waals surface area (Å²) in [6.07, 6.45) is -2.93. The lowest BCUT2D eigenvalue weighted by Crippen LogP contribution is -2.39. The molecule has 2 aromatic rings. The fraction of sp³-hybridized carbons (Fsp3) is 0.391. The molecule has 0 atom stereocenters. The molecule has 0 saturated carbocycles. The SMILES string of the molecule is O=C1COc2ccc(C(=O)N3CCC(COc4ccc(OC(F)(F)F)cc4)CC3)cc2C1. The maximum absolute atomic E-state index is 12.9. The highest BCUT2D eigenvalue weighted by molar-refractivity contribution is 5.95. The monoisotopic (exact) mass is 449 g/mol. The number of Topliss-reactive ketones (excluding diaryl/α,β-unsaturated/α-hetero) is 1. The minimum Gasteiger partial charge on any atom is -0.493 e. The lowest BCUT2D eigenvalue weighted by Gasteiger charge is -2.32. The lowest BCUT2D eigenvalue weighted by atomic mass is 9.96. The Morgan fingerprint density at radius 2 is 1.75 bits per heavy atom. The van der Waals surface area contributed by atoms with E-state index in [1.54, 1.807) is 23.1 Å². The van der Waals surface area contributed by atoms with Gasteiger partial charge in [-0.15, -0.1) is 13.2 Å². The molecule has 0 bridgehead atoms. The van der Waals surface area contributed by atoms with Gasteiger partial charge in [-0.25, -0.2) is 0 Å². The summed E-state index contributed by atoms with van der Waals surface area (Å²) in [5, 5.41) is 0. The molecule has 2 aromatic carbocycles. The average molecular weight is 449 g/mol. The van der Waals surface area contributed by atoms with Crippen LogP contribution in [0.3, 0.4) is 0 Å². The molecular formula is C23H22F3NO5. The van der Waals surface area contributed by atoms with E-state index >= 15 is 0 Å². The fourth-order valence-corrected chi connectivity index (χ4v) is 3.85. The van der Waals surface area contributed by atoms with Gasteiger partial charge in [0.2, 0.25) is 0 Å². The number of amides is 1. The molecule has 0 spiro atoms. The zero-order valence-electron chi connectivity index (χ0n) is 17.2. The smallest absolute Gasteiger partial charge is 0.493 e. The Labute approximate surface area is 182 Å². The molecule has 0 unspecified atom stereocenters. The third-order valence-electron chi connectivity index (χ3n) is 5.53. The van der Waals surface area contributed by atoms with Gasteiger partial charge in [-0.05, 0) is 61.2 Å². The van der Waals surface area contributed by atoms with Crippen molar-refractivity contribution in [3.8, 4) is 17.2 Å². The largest absolute Gasteiger partial charge is 0.573 e. The normalized spacial score (nSPS) is 16.8. The van der Waals surface area contributed by atoms with Crippen LogP contribution in [0.1, 0.15) is 28.8 Å². The number of hydrogen-bond donors (Lipinski definition) is 0. The Hall–Kier alpha value is -3.23. The number of fused-ring (bicyclic) bond motifs is 1. The number of benzene rings is 2. The van der Waals surface area contributed by atoms with Crippen LogP contribution in [0.4, 0.5) is 13.2 Å². The number of hydrogen-bond acceptors (Lipinski definition) is 5. The minimum absolute atomic E-state index is 0.00886. The second kappa shape index (κ2) is 9.10. The third-order valence-corrected chi connectivity index (χ3v) is 5.53. The van der Waals surface area contributed by atoms with Gasteiger partial charge in [0, 0.05) is 30.6 Å². The van der Waals surface area contributed by atoms with E-state index in [0.29, 0.717) is 36.8 Å². The third kappa shape index (κ3) is 5.52. The summed E-state index contributed by atoms with van der Waals surface area (Å²) < 4.78 is 51.6. The minimum atomic E-state index is -4.72. The molecule has 32 heavy (non-hydrogen) atoms. The van der Waals surface area contributed by atoms with E-state index in [1.807, 2.05) is 0 Å². The molecule has 9 heteroatoms. The van der Waals surface area contributed by atoms with E-state index in [1.165, 1.54) is 24.3 Å². The van der Waals surface area contributed by atoms with E-state index < -0.39 is 6.36 Å². The highest BCUT2D eigenvalue weighted by Gasteiger charge is 2.31. The van der Waals surface area contributed by atoms with Crippen LogP contribution in [-0.4, -0.2) is 49.3 Å². The van der Waals surface area contributed by atoms with Gasteiger partial charge in [-0.2, -0.15) is 0 Å². The molecule has 170 valence electrons. The molecule has 1 fully saturated rings. The van der Waals surface area contributed by atoms with Crippen molar-refractivity contribution in [2.75, 3.05) is 26.3 Å². The summed E-state index contributed by atoms with van der Waals surface area (Å²) in [6.45, 7) is 1.65. The van der Waals surface area contributed by atoms with E-state index in [9.17, 15) is 22.8 Å². The standard InChI is InChI=1S/C23H22F3NO5/c24-23(25,26)32-20-4-2-19(3-5-20)30-13-15-7-9-27(10-8-15)22(29)16-1-6-21-17(11-16)12-18(28)14-31-21/h1-6,11,15H,7-10,12-14H2. The molecule has 2 aliphatic heterocycles. The van der Waals surface area contributed by atoms with Crippen LogP contribution >= 0.6 is 0 Å². The van der Waals surface area contributed by atoms with Gasteiger partial charge in [0.05, 0.1) is 6.61 Å². The van der Waals surface area contributed by atoms with Crippen molar-refractivity contribution in [2.45, 2.75) is 25.6 Å². The Kier molecular flexibility index (Phi) is 6.25. The molecule has 0 aliphatic carbocycles. The predicted octanol–water partition coefficient (Wildman–Crippen LogP) is 4.02. The number of nitrogens with zero attached hydrogens (tertiary/aromatic N) is 1. The van der Waals surface area contributed by atoms with Crippen LogP contribution < -0.4 is 14.2 Å². The van der Waals surface area contributed by atoms with E-state index in [2.05, 4.69) is 4.74 Å². The zero-order valence-corrected chi connectivity index (χ0v) is 17.2. The number of alkyl halides is 3. The van der Waals surface area contributed by atoms with Crippen molar-refractivity contribution >= 4 is 11.7 Å². The number of carbonyl (C=O) groups is 2. The summed E-state index contributed by atoms with van der Waals surface area (Å²) in [7, 11) is 0. The van der Waals surface area contributed by atoms with Crippen LogP contribution in [0, 0.1) is 5.92 Å². The van der Waals surface area contributed by atoms with Gasteiger partial charge in [0.1, 0.15) is 23.9 Å². The molecule has 2 heterocycles. The highest BCUT2D eigenvalue weighted by atomic mass is 19.4. The zero-order chi connectivity index (χ0) is 22.7. The maximum Gasteiger partial charge on any atom is 0.573 e. The van der Waals surface area contributed by atoms with Gasteiger partial charge in [0.25, 0.3) is 5.91 Å². The number of rotatable bonds is 5. The van der Waals surface area contributed by atoms with Gasteiger partial charge in [0.15, 0.2) is 5.78 Å². The molecule has 1 amide bonds. The molecule has 0 aromatic heterocycles. The highest BCUT2D eigenvalue weighted by Crippen LogP contribution is 2.28. The van der Waals surface area contributed by atoms with Crippen molar-refractivity contribution < 1.29 is 37.0 Å². The summed E-state index contributed by atoms with van der Waals surface area (Å²) in [5.41, 5.74) is 1.28. The van der Waals surface area contributed by atoms with Crippen molar-refractivity contribution in [1.29, 1.82) is 0 Å². The quantitative estimate of drug-likeness (QED) is 0.690. The van der Waals surface area contributed by atoms with Crippen molar-refractivity contribution in [1.82, 2.24) is 4.90 Å². The first-order chi connectivity index (χ1) is 15.3. The first-order valence-corrected chi connectivity index (χ1v) is 10.3. The lowest BCUT2D eigenvalue weighted by molar-refractivity contribution is -0.274. The topological polar surface area (TPSA) is 65.1 Å². The number of ether oxygens (including phenoxy) is 3. The number of likely N-dealkylation sites (tertiary alicyclic amines) is 1. The Morgan fingerprint density at radius 3 is 2.44 bits per heavy atom. The number of halogens is 3. The summed E-state index contributed by atoms with van der Waals surface area (Å²) in [6, 6.07) is 10.5. The maximum atomic E-state index is 12.9. The molecule has 1 saturated heterocycles. The van der Waals surface area contributed by atoms with E-state index in [4.69, 9.17) is 9.47 Å². The van der Waals surface area contributed by atoms with Gasteiger partial charge < -0.3 is 19.1 Å². The second-order valence-corrected chi connectivity index (χ2v) is 7.89. The fourth-order valence-electron chi connectivity index (χ4n) is 3.85. The molecule has 2 aliphatic rings. The van der Waals surface area contributed by atoms with Crippen LogP contribution in [0.5, 0.6) is 17.2 Å². The molecule has 4 rings (SSSR count). The Bertz CT molecular complexity index is 982. The summed E-state index contributed by atoms with van der Waals surface area (Å²) in [5.74, 6) is 0.962. The molecular weight excluding hydrogens is 427 g/mol. The van der Waals surface area contributed by atoms with Crippen molar-refractivity contribution in [3.63, 3.8) is 0 Å². The number of piperidine rings is 1. The van der Waals surface area contributed by atoms with Crippen LogP contribution in [0.2, 0.25) is 0 Å². The van der Waals surface area contributed by atoms with Crippen molar-refractivity contribution in [3.05, 3.63) is 53.6 Å².